The lowest BCUT2D eigenvalue weighted by Gasteiger charge is -2.10. The molecule has 0 unspecified atom stereocenters. The number of carbonyl (C=O) groups excluding carboxylic acids is 1. The molecule has 3 heterocycles. The molecule has 6 heteroatoms. The third-order valence-corrected chi connectivity index (χ3v) is 4.53. The van der Waals surface area contributed by atoms with Crippen LogP contribution < -0.4 is 5.32 Å². The third kappa shape index (κ3) is 2.14. The number of fused-ring (bicyclic) bond motifs is 3. The number of carbonyl (C=O) groups is 1. The van der Waals surface area contributed by atoms with Gasteiger partial charge in [-0.1, -0.05) is 0 Å². The van der Waals surface area contributed by atoms with Crippen LogP contribution in [-0.4, -0.2) is 35.4 Å². The van der Waals surface area contributed by atoms with Gasteiger partial charge in [-0.05, 0) is 31.7 Å². The van der Waals surface area contributed by atoms with Gasteiger partial charge in [0.1, 0.15) is 5.76 Å². The molecule has 1 saturated heterocycles. The van der Waals surface area contributed by atoms with Crippen molar-refractivity contribution in [2.45, 2.75) is 38.7 Å². The number of amides is 1. The minimum Gasteiger partial charge on any atom is -0.455 e. The fraction of sp³-hybridized carbons (Fsp3) is 0.500. The second-order valence-corrected chi connectivity index (χ2v) is 5.97. The molecule has 1 aliphatic heterocycles. The fourth-order valence-electron chi connectivity index (χ4n) is 3.35. The fourth-order valence-corrected chi connectivity index (χ4v) is 3.35. The van der Waals surface area contributed by atoms with Crippen LogP contribution in [0.3, 0.4) is 0 Å². The third-order valence-electron chi connectivity index (χ3n) is 4.53. The molecular formula is C16H19N3O3. The molecule has 0 radical (unpaired) electrons. The SMILES string of the molecule is Cc1c(C(=O)NC[C@@H]2CCCO2)oc2c1-c1[nH]ncc1CC2. The van der Waals surface area contributed by atoms with Gasteiger partial charge in [0.25, 0.3) is 5.91 Å². The van der Waals surface area contributed by atoms with Gasteiger partial charge in [0.2, 0.25) is 0 Å². The van der Waals surface area contributed by atoms with Crippen molar-refractivity contribution in [2.75, 3.05) is 13.2 Å². The van der Waals surface area contributed by atoms with Gasteiger partial charge >= 0.3 is 0 Å². The Balaban J connectivity index is 1.57. The average Bonchev–Trinajstić information content (AvgIpc) is 3.24. The smallest absolute Gasteiger partial charge is 0.287 e. The summed E-state index contributed by atoms with van der Waals surface area (Å²) in [6, 6.07) is 0. The number of furan rings is 1. The maximum atomic E-state index is 12.4. The number of hydrogen-bond acceptors (Lipinski definition) is 4. The number of nitrogens with one attached hydrogen (secondary N) is 2. The maximum Gasteiger partial charge on any atom is 0.287 e. The van der Waals surface area contributed by atoms with E-state index in [1.165, 1.54) is 5.56 Å². The van der Waals surface area contributed by atoms with Crippen LogP contribution in [0.15, 0.2) is 10.6 Å². The van der Waals surface area contributed by atoms with Crippen molar-refractivity contribution in [3.63, 3.8) is 0 Å². The Morgan fingerprint density at radius 3 is 3.23 bits per heavy atom. The quantitative estimate of drug-likeness (QED) is 0.908. The monoisotopic (exact) mass is 301 g/mol. The lowest BCUT2D eigenvalue weighted by molar-refractivity contribution is 0.0833. The number of ether oxygens (including phenoxy) is 1. The van der Waals surface area contributed by atoms with Crippen molar-refractivity contribution in [1.29, 1.82) is 0 Å². The predicted octanol–water partition coefficient (Wildman–Crippen LogP) is 1.99. The second kappa shape index (κ2) is 5.28. The molecule has 1 atom stereocenters. The molecule has 1 aliphatic carbocycles. The van der Waals surface area contributed by atoms with Gasteiger partial charge in [-0.15, -0.1) is 0 Å². The summed E-state index contributed by atoms with van der Waals surface area (Å²) >= 11 is 0. The largest absolute Gasteiger partial charge is 0.455 e. The Kier molecular flexibility index (Phi) is 3.26. The number of hydrogen-bond donors (Lipinski definition) is 2. The van der Waals surface area contributed by atoms with E-state index in [2.05, 4.69) is 15.5 Å². The molecule has 2 aromatic rings. The van der Waals surface area contributed by atoms with Gasteiger partial charge in [0.05, 0.1) is 18.0 Å². The number of nitrogens with zero attached hydrogens (tertiary/aromatic N) is 1. The van der Waals surface area contributed by atoms with Crippen LogP contribution in [0.5, 0.6) is 0 Å². The van der Waals surface area contributed by atoms with E-state index in [0.717, 1.165) is 54.9 Å². The lowest BCUT2D eigenvalue weighted by atomic mass is 9.93. The van der Waals surface area contributed by atoms with Crippen LogP contribution in [-0.2, 0) is 17.6 Å². The standard InChI is InChI=1S/C16H19N3O3/c1-9-13-12(5-4-10-7-18-19-14(10)13)22-15(9)16(20)17-8-11-3-2-6-21-11/h7,11H,2-6,8H2,1H3,(H,17,20)(H,18,19)/t11-/m0/s1. The molecule has 22 heavy (non-hydrogen) atoms. The zero-order valence-corrected chi connectivity index (χ0v) is 12.6. The van der Waals surface area contributed by atoms with Gasteiger partial charge in [-0.3, -0.25) is 9.89 Å². The van der Waals surface area contributed by atoms with Gasteiger partial charge in [-0.25, -0.2) is 0 Å². The molecule has 2 N–H and O–H groups in total. The summed E-state index contributed by atoms with van der Waals surface area (Å²) in [5.41, 5.74) is 4.05. The highest BCUT2D eigenvalue weighted by Crippen LogP contribution is 2.37. The van der Waals surface area contributed by atoms with Gasteiger partial charge < -0.3 is 14.5 Å². The molecule has 2 aliphatic rings. The van der Waals surface area contributed by atoms with Crippen LogP contribution in [0, 0.1) is 6.92 Å². The molecule has 0 bridgehead atoms. The Hall–Kier alpha value is -2.08. The van der Waals surface area contributed by atoms with Crippen molar-refractivity contribution in [2.24, 2.45) is 0 Å². The highest BCUT2D eigenvalue weighted by Gasteiger charge is 2.28. The predicted molar refractivity (Wildman–Crippen MR) is 79.7 cm³/mol. The van der Waals surface area contributed by atoms with Gasteiger partial charge in [-0.2, -0.15) is 5.10 Å². The molecule has 0 saturated carbocycles. The van der Waals surface area contributed by atoms with Crippen LogP contribution in [0.1, 0.15) is 40.3 Å². The van der Waals surface area contributed by atoms with Crippen molar-refractivity contribution in [1.82, 2.24) is 15.5 Å². The van der Waals surface area contributed by atoms with Crippen molar-refractivity contribution in [3.8, 4) is 11.3 Å². The van der Waals surface area contributed by atoms with Crippen molar-refractivity contribution in [3.05, 3.63) is 28.8 Å². The van der Waals surface area contributed by atoms with E-state index in [9.17, 15) is 4.79 Å². The van der Waals surface area contributed by atoms with Crippen molar-refractivity contribution >= 4 is 5.91 Å². The van der Waals surface area contributed by atoms with E-state index in [-0.39, 0.29) is 12.0 Å². The number of rotatable bonds is 3. The lowest BCUT2D eigenvalue weighted by Crippen LogP contribution is -2.31. The summed E-state index contributed by atoms with van der Waals surface area (Å²) < 4.78 is 11.4. The molecule has 116 valence electrons. The molecule has 1 fully saturated rings. The highest BCUT2D eigenvalue weighted by molar-refractivity contribution is 5.95. The minimum absolute atomic E-state index is 0.132. The summed E-state index contributed by atoms with van der Waals surface area (Å²) in [6.07, 6.45) is 5.75. The summed E-state index contributed by atoms with van der Waals surface area (Å²) in [7, 11) is 0. The number of aromatic nitrogens is 2. The minimum atomic E-state index is -0.163. The number of aromatic amines is 1. The molecule has 1 amide bonds. The first-order valence-corrected chi connectivity index (χ1v) is 7.78. The summed E-state index contributed by atoms with van der Waals surface area (Å²) in [5, 5.41) is 10.0. The topological polar surface area (TPSA) is 80.1 Å². The van der Waals surface area contributed by atoms with Gasteiger partial charge in [0, 0.05) is 30.7 Å². The summed E-state index contributed by atoms with van der Waals surface area (Å²) in [5.74, 6) is 1.12. The van der Waals surface area contributed by atoms with E-state index >= 15 is 0 Å². The Morgan fingerprint density at radius 1 is 1.50 bits per heavy atom. The van der Waals surface area contributed by atoms with E-state index in [1.54, 1.807) is 0 Å². The van der Waals surface area contributed by atoms with E-state index in [0.29, 0.717) is 12.3 Å². The average molecular weight is 301 g/mol. The molecule has 2 aromatic heterocycles. The Morgan fingerprint density at radius 2 is 2.41 bits per heavy atom. The van der Waals surface area contributed by atoms with Crippen LogP contribution >= 0.6 is 0 Å². The van der Waals surface area contributed by atoms with Crippen molar-refractivity contribution < 1.29 is 13.9 Å². The van der Waals surface area contributed by atoms with Crippen LogP contribution in [0.4, 0.5) is 0 Å². The van der Waals surface area contributed by atoms with Gasteiger partial charge in [0.15, 0.2) is 5.76 Å². The highest BCUT2D eigenvalue weighted by atomic mass is 16.5. The Labute approximate surface area is 128 Å². The summed E-state index contributed by atoms with van der Waals surface area (Å²) in [6.45, 7) is 3.26. The number of H-pyrrole nitrogens is 1. The second-order valence-electron chi connectivity index (χ2n) is 5.97. The zero-order valence-electron chi connectivity index (χ0n) is 12.6. The first kappa shape index (κ1) is 13.6. The first-order valence-electron chi connectivity index (χ1n) is 7.78. The van der Waals surface area contributed by atoms with Crippen LogP contribution in [0.2, 0.25) is 0 Å². The van der Waals surface area contributed by atoms with E-state index in [4.69, 9.17) is 9.15 Å². The molecule has 0 spiro atoms. The normalized spacial score (nSPS) is 19.8. The summed E-state index contributed by atoms with van der Waals surface area (Å²) in [4.78, 5) is 12.4. The molecule has 0 aromatic carbocycles. The van der Waals surface area contributed by atoms with Crippen LogP contribution in [0.25, 0.3) is 11.3 Å². The number of aryl methyl sites for hydroxylation is 2. The molecule has 4 rings (SSSR count). The molecular weight excluding hydrogens is 282 g/mol. The maximum absolute atomic E-state index is 12.4. The zero-order chi connectivity index (χ0) is 15.1. The van der Waals surface area contributed by atoms with E-state index < -0.39 is 0 Å². The molecule has 6 nitrogen and oxygen atoms in total. The van der Waals surface area contributed by atoms with E-state index in [1.807, 2.05) is 13.1 Å². The Bertz CT molecular complexity index is 710. The first-order chi connectivity index (χ1) is 10.7.